The number of alkyl halides is 1. The van der Waals surface area contributed by atoms with Crippen molar-refractivity contribution < 1.29 is 4.74 Å². The lowest BCUT2D eigenvalue weighted by Crippen LogP contribution is -2.37. The lowest BCUT2D eigenvalue weighted by molar-refractivity contribution is 0.0369. The largest absolute Gasteiger partial charge is 0.379 e. The van der Waals surface area contributed by atoms with Crippen LogP contribution in [0.4, 0.5) is 0 Å². The summed E-state index contributed by atoms with van der Waals surface area (Å²) in [5, 5.41) is -0.0687. The van der Waals surface area contributed by atoms with Crippen LogP contribution in [0.3, 0.4) is 0 Å². The maximum atomic E-state index is 6.30. The number of aryl methyl sites for hydroxylation is 1. The van der Waals surface area contributed by atoms with Gasteiger partial charge in [0.1, 0.15) is 5.82 Å². The highest BCUT2D eigenvalue weighted by molar-refractivity contribution is 6.20. The second kappa shape index (κ2) is 6.77. The molecular weight excluding hydrogens is 286 g/mol. The van der Waals surface area contributed by atoms with Crippen LogP contribution >= 0.6 is 11.6 Å². The third kappa shape index (κ3) is 3.39. The van der Waals surface area contributed by atoms with Gasteiger partial charge in [0, 0.05) is 26.2 Å². The second-order valence-electron chi connectivity index (χ2n) is 5.53. The van der Waals surface area contributed by atoms with Crippen molar-refractivity contribution in [3.8, 4) is 0 Å². The normalized spacial score (nSPS) is 18.2. The van der Waals surface area contributed by atoms with Gasteiger partial charge >= 0.3 is 0 Å². The Labute approximate surface area is 130 Å². The lowest BCUT2D eigenvalue weighted by Gasteiger charge is -2.26. The first kappa shape index (κ1) is 14.8. The minimum atomic E-state index is -0.0687. The number of halogens is 1. The first-order valence-corrected chi connectivity index (χ1v) is 8.08. The molecule has 1 aliphatic heterocycles. The van der Waals surface area contributed by atoms with E-state index in [0.717, 1.165) is 57.2 Å². The van der Waals surface area contributed by atoms with Crippen LogP contribution < -0.4 is 0 Å². The first-order chi connectivity index (χ1) is 10.3. The van der Waals surface area contributed by atoms with E-state index in [1.807, 2.05) is 13.0 Å². The molecule has 1 unspecified atom stereocenters. The van der Waals surface area contributed by atoms with E-state index in [-0.39, 0.29) is 5.38 Å². The number of hydrogen-bond acceptors (Lipinski definition) is 3. The van der Waals surface area contributed by atoms with Gasteiger partial charge in [0.05, 0.1) is 29.6 Å². The molecule has 0 radical (unpaired) electrons. The van der Waals surface area contributed by atoms with Crippen LogP contribution in [0.25, 0.3) is 11.0 Å². The molecule has 0 N–H and O–H groups in total. The molecule has 3 rings (SSSR count). The molecule has 1 fully saturated rings. The Bertz CT molecular complexity index is 590. The van der Waals surface area contributed by atoms with Crippen LogP contribution in [-0.2, 0) is 11.3 Å². The molecule has 21 heavy (non-hydrogen) atoms. The molecule has 1 aromatic heterocycles. The Kier molecular flexibility index (Phi) is 4.78. The highest BCUT2D eigenvalue weighted by atomic mass is 35.5. The van der Waals surface area contributed by atoms with Crippen molar-refractivity contribution in [2.24, 2.45) is 0 Å². The van der Waals surface area contributed by atoms with Crippen molar-refractivity contribution in [2.45, 2.75) is 25.3 Å². The molecule has 2 aromatic rings. The van der Waals surface area contributed by atoms with Gasteiger partial charge in [0.2, 0.25) is 0 Å². The van der Waals surface area contributed by atoms with E-state index < -0.39 is 0 Å². The number of benzene rings is 1. The van der Waals surface area contributed by atoms with Gasteiger partial charge in [-0.2, -0.15) is 0 Å². The van der Waals surface area contributed by atoms with Crippen molar-refractivity contribution in [3.63, 3.8) is 0 Å². The predicted octanol–water partition coefficient (Wildman–Crippen LogP) is 3.06. The molecule has 1 aliphatic rings. The van der Waals surface area contributed by atoms with Gasteiger partial charge in [-0.25, -0.2) is 4.98 Å². The van der Waals surface area contributed by atoms with Crippen LogP contribution in [0, 0.1) is 0 Å². The predicted molar refractivity (Wildman–Crippen MR) is 85.9 cm³/mol. The Morgan fingerprint density at radius 3 is 2.76 bits per heavy atom. The van der Waals surface area contributed by atoms with Gasteiger partial charge in [-0.3, -0.25) is 4.90 Å². The molecule has 0 aliphatic carbocycles. The fourth-order valence-electron chi connectivity index (χ4n) is 2.91. The standard InChI is InChI=1S/C16H22ClN3O/c1-13(17)16-18-14-5-2-3-6-15(14)20(16)8-4-7-19-9-11-21-12-10-19/h2-3,5-6,13H,4,7-12H2,1H3. The maximum Gasteiger partial charge on any atom is 0.127 e. The van der Waals surface area contributed by atoms with Crippen LogP contribution in [0.5, 0.6) is 0 Å². The lowest BCUT2D eigenvalue weighted by atomic mass is 10.3. The summed E-state index contributed by atoms with van der Waals surface area (Å²) in [6.45, 7) is 7.86. The van der Waals surface area contributed by atoms with Crippen LogP contribution in [0.15, 0.2) is 24.3 Å². The Morgan fingerprint density at radius 1 is 1.24 bits per heavy atom. The summed E-state index contributed by atoms with van der Waals surface area (Å²) in [4.78, 5) is 7.14. The number of ether oxygens (including phenoxy) is 1. The fraction of sp³-hybridized carbons (Fsp3) is 0.562. The molecule has 114 valence electrons. The van der Waals surface area contributed by atoms with Crippen LogP contribution in [-0.4, -0.2) is 47.3 Å². The van der Waals surface area contributed by atoms with Crippen molar-refractivity contribution in [3.05, 3.63) is 30.1 Å². The van der Waals surface area contributed by atoms with Gasteiger partial charge in [-0.1, -0.05) is 12.1 Å². The number of rotatable bonds is 5. The molecule has 5 heteroatoms. The van der Waals surface area contributed by atoms with Crippen LogP contribution in [0.1, 0.15) is 24.5 Å². The summed E-state index contributed by atoms with van der Waals surface area (Å²) >= 11 is 6.30. The number of imidazole rings is 1. The number of morpholine rings is 1. The van der Waals surface area contributed by atoms with Gasteiger partial charge in [-0.05, 0) is 25.5 Å². The van der Waals surface area contributed by atoms with E-state index >= 15 is 0 Å². The molecular formula is C16H22ClN3O. The van der Waals surface area contributed by atoms with Gasteiger partial charge < -0.3 is 9.30 Å². The fourth-order valence-corrected chi connectivity index (χ4v) is 3.08. The van der Waals surface area contributed by atoms with Crippen molar-refractivity contribution >= 4 is 22.6 Å². The van der Waals surface area contributed by atoms with Crippen molar-refractivity contribution in [2.75, 3.05) is 32.8 Å². The number of nitrogens with zero attached hydrogens (tertiary/aromatic N) is 3. The maximum absolute atomic E-state index is 6.30. The summed E-state index contributed by atoms with van der Waals surface area (Å²) in [6.07, 6.45) is 1.11. The smallest absolute Gasteiger partial charge is 0.127 e. The highest BCUT2D eigenvalue weighted by Gasteiger charge is 2.15. The topological polar surface area (TPSA) is 30.3 Å². The molecule has 4 nitrogen and oxygen atoms in total. The minimum absolute atomic E-state index is 0.0687. The van der Waals surface area contributed by atoms with E-state index in [0.29, 0.717) is 0 Å². The quantitative estimate of drug-likeness (QED) is 0.795. The van der Waals surface area contributed by atoms with E-state index in [1.54, 1.807) is 0 Å². The number of para-hydroxylation sites is 2. The summed E-state index contributed by atoms with van der Waals surface area (Å²) in [7, 11) is 0. The van der Waals surface area contributed by atoms with E-state index in [9.17, 15) is 0 Å². The van der Waals surface area contributed by atoms with E-state index in [1.165, 1.54) is 5.52 Å². The van der Waals surface area contributed by atoms with E-state index in [4.69, 9.17) is 16.3 Å². The minimum Gasteiger partial charge on any atom is -0.379 e. The summed E-state index contributed by atoms with van der Waals surface area (Å²) in [5.41, 5.74) is 2.22. The van der Waals surface area contributed by atoms with Gasteiger partial charge in [-0.15, -0.1) is 11.6 Å². The molecule has 0 amide bonds. The van der Waals surface area contributed by atoms with Crippen molar-refractivity contribution in [1.82, 2.24) is 14.5 Å². The van der Waals surface area contributed by atoms with Gasteiger partial charge in [0.15, 0.2) is 0 Å². The van der Waals surface area contributed by atoms with E-state index in [2.05, 4.69) is 32.7 Å². The first-order valence-electron chi connectivity index (χ1n) is 7.65. The molecule has 2 heterocycles. The molecule has 0 spiro atoms. The van der Waals surface area contributed by atoms with Crippen LogP contribution in [0.2, 0.25) is 0 Å². The zero-order chi connectivity index (χ0) is 14.7. The Balaban J connectivity index is 1.71. The molecule has 0 saturated carbocycles. The second-order valence-corrected chi connectivity index (χ2v) is 6.19. The Hall–Kier alpha value is -1.10. The third-order valence-electron chi connectivity index (χ3n) is 4.00. The monoisotopic (exact) mass is 307 g/mol. The number of aromatic nitrogens is 2. The third-order valence-corrected chi connectivity index (χ3v) is 4.19. The molecule has 1 saturated heterocycles. The number of hydrogen-bond donors (Lipinski definition) is 0. The summed E-state index contributed by atoms with van der Waals surface area (Å²) < 4.78 is 7.66. The highest BCUT2D eigenvalue weighted by Crippen LogP contribution is 2.24. The number of fused-ring (bicyclic) bond motifs is 1. The zero-order valence-corrected chi connectivity index (χ0v) is 13.2. The SMILES string of the molecule is CC(Cl)c1nc2ccccc2n1CCCN1CCOCC1. The molecule has 1 aromatic carbocycles. The summed E-state index contributed by atoms with van der Waals surface area (Å²) in [6, 6.07) is 8.26. The molecule has 0 bridgehead atoms. The Morgan fingerprint density at radius 2 is 2.00 bits per heavy atom. The summed E-state index contributed by atoms with van der Waals surface area (Å²) in [5.74, 6) is 0.972. The average molecular weight is 308 g/mol. The van der Waals surface area contributed by atoms with Gasteiger partial charge in [0.25, 0.3) is 0 Å². The zero-order valence-electron chi connectivity index (χ0n) is 12.5. The average Bonchev–Trinajstić information content (AvgIpc) is 2.88. The molecule has 1 atom stereocenters. The van der Waals surface area contributed by atoms with Crippen molar-refractivity contribution in [1.29, 1.82) is 0 Å².